The van der Waals surface area contributed by atoms with Gasteiger partial charge in [0.25, 0.3) is 0 Å². The lowest BCUT2D eigenvalue weighted by Gasteiger charge is -2.09. The van der Waals surface area contributed by atoms with Gasteiger partial charge in [-0.3, -0.25) is 4.99 Å². The third-order valence-corrected chi connectivity index (χ3v) is 2.99. The van der Waals surface area contributed by atoms with Crippen molar-refractivity contribution < 1.29 is 0 Å². The van der Waals surface area contributed by atoms with Crippen LogP contribution < -0.4 is 10.6 Å². The predicted molar refractivity (Wildman–Crippen MR) is 88.5 cm³/mol. The zero-order valence-corrected chi connectivity index (χ0v) is 13.5. The second-order valence-electron chi connectivity index (χ2n) is 4.59. The Morgan fingerprint density at radius 1 is 1.35 bits per heavy atom. The van der Waals surface area contributed by atoms with Gasteiger partial charge in [0.15, 0.2) is 5.96 Å². The zero-order chi connectivity index (χ0) is 13.1. The molecule has 1 aromatic carbocycles. The van der Waals surface area contributed by atoms with Crippen LogP contribution in [0.2, 0.25) is 0 Å². The van der Waals surface area contributed by atoms with Crippen LogP contribution in [-0.4, -0.2) is 33.3 Å². The molecule has 20 heavy (non-hydrogen) atoms. The normalized spacial score (nSPS) is 17.1. The Morgan fingerprint density at radius 3 is 2.75 bits per heavy atom. The second kappa shape index (κ2) is 6.69. The van der Waals surface area contributed by atoms with E-state index in [-0.39, 0.29) is 24.0 Å². The number of hydrogen-bond acceptors (Lipinski definition) is 5. The number of guanidine groups is 1. The first kappa shape index (κ1) is 14.8. The molecule has 0 saturated heterocycles. The monoisotopic (exact) mass is 384 g/mol. The van der Waals surface area contributed by atoms with Crippen LogP contribution in [-0.2, 0) is 6.54 Å². The lowest BCUT2D eigenvalue weighted by atomic mass is 10.2. The average Bonchev–Trinajstić information content (AvgIpc) is 3.08. The van der Waals surface area contributed by atoms with Gasteiger partial charge in [-0.1, -0.05) is 12.1 Å². The molecule has 0 aliphatic carbocycles. The van der Waals surface area contributed by atoms with E-state index in [0.29, 0.717) is 6.04 Å². The van der Waals surface area contributed by atoms with Crippen molar-refractivity contribution in [1.29, 1.82) is 0 Å². The molecule has 1 unspecified atom stereocenters. The van der Waals surface area contributed by atoms with Crippen molar-refractivity contribution in [3.05, 3.63) is 42.5 Å². The molecule has 1 atom stereocenters. The van der Waals surface area contributed by atoms with Crippen molar-refractivity contribution in [3.63, 3.8) is 0 Å². The quantitative estimate of drug-likeness (QED) is 0.784. The maximum Gasteiger partial charge on any atom is 0.191 e. The molecule has 0 radical (unpaired) electrons. The minimum Gasteiger partial charge on any atom is -0.352 e. The third kappa shape index (κ3) is 3.47. The molecule has 1 aromatic heterocycles. The van der Waals surface area contributed by atoms with Crippen LogP contribution in [0.4, 0.5) is 0 Å². The first-order valence-corrected chi connectivity index (χ1v) is 6.30. The Morgan fingerprint density at radius 2 is 2.15 bits per heavy atom. The number of benzene rings is 1. The van der Waals surface area contributed by atoms with Crippen molar-refractivity contribution in [2.75, 3.05) is 6.54 Å². The third-order valence-electron chi connectivity index (χ3n) is 2.99. The van der Waals surface area contributed by atoms with E-state index in [1.54, 1.807) is 11.0 Å². The Hall–Kier alpha value is -1.64. The summed E-state index contributed by atoms with van der Waals surface area (Å²) in [5.41, 5.74) is 2.21. The molecular formula is C13H17IN6. The van der Waals surface area contributed by atoms with Gasteiger partial charge in [-0.25, -0.2) is 9.67 Å². The lowest BCUT2D eigenvalue weighted by Crippen LogP contribution is -2.37. The first-order valence-electron chi connectivity index (χ1n) is 6.30. The Kier molecular flexibility index (Phi) is 4.94. The molecule has 0 saturated carbocycles. The van der Waals surface area contributed by atoms with Crippen LogP contribution in [0.5, 0.6) is 0 Å². The summed E-state index contributed by atoms with van der Waals surface area (Å²) in [4.78, 5) is 8.29. The van der Waals surface area contributed by atoms with E-state index < -0.39 is 0 Å². The molecule has 0 fully saturated rings. The van der Waals surface area contributed by atoms with Crippen molar-refractivity contribution >= 4 is 29.9 Å². The van der Waals surface area contributed by atoms with E-state index in [4.69, 9.17) is 0 Å². The number of halogens is 1. The van der Waals surface area contributed by atoms with Crippen LogP contribution >= 0.6 is 24.0 Å². The van der Waals surface area contributed by atoms with Crippen LogP contribution in [0.15, 0.2) is 41.9 Å². The van der Waals surface area contributed by atoms with Crippen LogP contribution in [0, 0.1) is 0 Å². The van der Waals surface area contributed by atoms with Gasteiger partial charge in [0.05, 0.1) is 12.2 Å². The molecule has 0 bridgehead atoms. The molecule has 6 nitrogen and oxygen atoms in total. The highest BCUT2D eigenvalue weighted by atomic mass is 127. The van der Waals surface area contributed by atoms with Crippen molar-refractivity contribution in [3.8, 4) is 5.69 Å². The maximum absolute atomic E-state index is 4.36. The summed E-state index contributed by atoms with van der Waals surface area (Å²) in [6, 6.07) is 8.62. The molecule has 1 aliphatic heterocycles. The molecule has 2 aromatic rings. The van der Waals surface area contributed by atoms with Crippen molar-refractivity contribution in [2.45, 2.75) is 19.5 Å². The molecule has 2 N–H and O–H groups in total. The standard InChI is InChI=1S/C13H16N6.HI/c1-10-6-15-13(18-10)16-7-11-2-4-12(5-3-11)19-9-14-8-17-19;/h2-5,8-10H,6-7H2,1H3,(H2,15,16,18);1H. The summed E-state index contributed by atoms with van der Waals surface area (Å²) in [6.45, 7) is 3.72. The van der Waals surface area contributed by atoms with E-state index in [9.17, 15) is 0 Å². The average molecular weight is 384 g/mol. The summed E-state index contributed by atoms with van der Waals surface area (Å²) in [5.74, 6) is 0.882. The van der Waals surface area contributed by atoms with Gasteiger partial charge in [-0.2, -0.15) is 5.10 Å². The highest BCUT2D eigenvalue weighted by Gasteiger charge is 2.11. The Balaban J connectivity index is 0.00000147. The van der Waals surface area contributed by atoms with E-state index in [2.05, 4.69) is 44.8 Å². The van der Waals surface area contributed by atoms with E-state index in [1.165, 1.54) is 11.9 Å². The van der Waals surface area contributed by atoms with Crippen molar-refractivity contribution in [1.82, 2.24) is 25.4 Å². The van der Waals surface area contributed by atoms with Gasteiger partial charge in [0, 0.05) is 12.6 Å². The minimum absolute atomic E-state index is 0. The van der Waals surface area contributed by atoms with Gasteiger partial charge in [-0.15, -0.1) is 24.0 Å². The van der Waals surface area contributed by atoms with E-state index in [0.717, 1.165) is 24.7 Å². The molecule has 0 amide bonds. The van der Waals surface area contributed by atoms with Gasteiger partial charge >= 0.3 is 0 Å². The first-order chi connectivity index (χ1) is 9.31. The summed E-state index contributed by atoms with van der Waals surface area (Å²) in [5, 5.41) is 10.7. The number of aromatic nitrogens is 3. The molecule has 106 valence electrons. The van der Waals surface area contributed by atoms with Gasteiger partial charge in [0.2, 0.25) is 0 Å². The lowest BCUT2D eigenvalue weighted by molar-refractivity contribution is 0.713. The molecule has 0 spiro atoms. The SMILES string of the molecule is CC1CN=C(NCc2ccc(-n3cncn3)cc2)N1.I. The van der Waals surface area contributed by atoms with Gasteiger partial charge in [-0.05, 0) is 24.6 Å². The van der Waals surface area contributed by atoms with Gasteiger partial charge in [0.1, 0.15) is 12.7 Å². The number of nitrogens with zero attached hydrogens (tertiary/aromatic N) is 4. The largest absolute Gasteiger partial charge is 0.352 e. The number of rotatable bonds is 3. The number of hydrogen-bond donors (Lipinski definition) is 2. The molecule has 2 heterocycles. The summed E-state index contributed by atoms with van der Waals surface area (Å²) in [7, 11) is 0. The summed E-state index contributed by atoms with van der Waals surface area (Å²) in [6.07, 6.45) is 3.21. The maximum atomic E-state index is 4.36. The second-order valence-corrected chi connectivity index (χ2v) is 4.59. The number of aliphatic imine (C=N–C) groups is 1. The summed E-state index contributed by atoms with van der Waals surface area (Å²) < 4.78 is 1.74. The van der Waals surface area contributed by atoms with E-state index >= 15 is 0 Å². The predicted octanol–water partition coefficient (Wildman–Crippen LogP) is 1.32. The Bertz CT molecular complexity index is 563. The highest BCUT2D eigenvalue weighted by Crippen LogP contribution is 2.08. The minimum atomic E-state index is 0. The fraction of sp³-hybridized carbons (Fsp3) is 0.308. The van der Waals surface area contributed by atoms with Crippen LogP contribution in [0.1, 0.15) is 12.5 Å². The van der Waals surface area contributed by atoms with Crippen molar-refractivity contribution in [2.24, 2.45) is 4.99 Å². The topological polar surface area (TPSA) is 67.1 Å². The highest BCUT2D eigenvalue weighted by molar-refractivity contribution is 14.0. The van der Waals surface area contributed by atoms with Gasteiger partial charge < -0.3 is 10.6 Å². The smallest absolute Gasteiger partial charge is 0.191 e. The summed E-state index contributed by atoms with van der Waals surface area (Å²) >= 11 is 0. The fourth-order valence-electron chi connectivity index (χ4n) is 1.95. The molecule has 7 heteroatoms. The number of nitrogens with one attached hydrogen (secondary N) is 2. The zero-order valence-electron chi connectivity index (χ0n) is 11.2. The molecular weight excluding hydrogens is 367 g/mol. The van der Waals surface area contributed by atoms with Crippen LogP contribution in [0.25, 0.3) is 5.69 Å². The van der Waals surface area contributed by atoms with E-state index in [1.807, 2.05) is 12.1 Å². The molecule has 1 aliphatic rings. The van der Waals surface area contributed by atoms with Crippen LogP contribution in [0.3, 0.4) is 0 Å². The Labute approximate surface area is 134 Å². The fourth-order valence-corrected chi connectivity index (χ4v) is 1.95. The molecule has 3 rings (SSSR count).